The van der Waals surface area contributed by atoms with Crippen molar-refractivity contribution in [1.82, 2.24) is 4.90 Å². The van der Waals surface area contributed by atoms with Crippen molar-refractivity contribution in [2.24, 2.45) is 0 Å². The Hall–Kier alpha value is -1.83. The van der Waals surface area contributed by atoms with Crippen molar-refractivity contribution in [3.05, 3.63) is 18.2 Å². The van der Waals surface area contributed by atoms with Gasteiger partial charge >= 0.3 is 0 Å². The van der Waals surface area contributed by atoms with Crippen molar-refractivity contribution in [3.63, 3.8) is 0 Å². The molecule has 0 radical (unpaired) electrons. The molecule has 0 saturated heterocycles. The van der Waals surface area contributed by atoms with Gasteiger partial charge < -0.3 is 26.0 Å². The number of nitrogens with one attached hydrogen (secondary N) is 1. The van der Waals surface area contributed by atoms with E-state index in [1.165, 1.54) is 7.11 Å². The molecular weight excluding hydrogens is 274 g/mol. The van der Waals surface area contributed by atoms with Gasteiger partial charge in [0.1, 0.15) is 5.75 Å². The van der Waals surface area contributed by atoms with Gasteiger partial charge in [-0.05, 0) is 19.1 Å². The molecule has 1 unspecified atom stereocenters. The van der Waals surface area contributed by atoms with Gasteiger partial charge in [0.25, 0.3) is 0 Å². The zero-order valence-corrected chi connectivity index (χ0v) is 12.4. The number of hydrogen-bond acceptors (Lipinski definition) is 6. The second-order valence-electron chi connectivity index (χ2n) is 4.61. The lowest BCUT2D eigenvalue weighted by molar-refractivity contribution is -0.121. The van der Waals surface area contributed by atoms with Gasteiger partial charge in [-0.3, -0.25) is 9.69 Å². The molecule has 5 N–H and O–H groups in total. The summed E-state index contributed by atoms with van der Waals surface area (Å²) in [6, 6.07) is 4.47. The molecular formula is C14H23N3O4. The van der Waals surface area contributed by atoms with Crippen LogP contribution in [-0.4, -0.2) is 60.5 Å². The van der Waals surface area contributed by atoms with Crippen LogP contribution in [0.5, 0.6) is 5.75 Å². The number of methoxy groups -OCH3 is 1. The van der Waals surface area contributed by atoms with Gasteiger partial charge in [0, 0.05) is 24.8 Å². The maximum Gasteiger partial charge on any atom is 0.241 e. The van der Waals surface area contributed by atoms with Crippen LogP contribution < -0.4 is 15.8 Å². The van der Waals surface area contributed by atoms with Gasteiger partial charge in [0.05, 0.1) is 32.1 Å². The van der Waals surface area contributed by atoms with E-state index in [9.17, 15) is 4.79 Å². The summed E-state index contributed by atoms with van der Waals surface area (Å²) in [5, 5.41) is 20.8. The van der Waals surface area contributed by atoms with Crippen LogP contribution in [0.3, 0.4) is 0 Å². The summed E-state index contributed by atoms with van der Waals surface area (Å²) in [5.41, 5.74) is 6.73. The maximum absolute atomic E-state index is 12.3. The minimum Gasteiger partial charge on any atom is -0.494 e. The van der Waals surface area contributed by atoms with E-state index in [4.69, 9.17) is 20.7 Å². The summed E-state index contributed by atoms with van der Waals surface area (Å²) < 4.78 is 5.17. The first-order valence-corrected chi connectivity index (χ1v) is 6.73. The Morgan fingerprint density at radius 2 is 2.00 bits per heavy atom. The van der Waals surface area contributed by atoms with Gasteiger partial charge in [-0.1, -0.05) is 0 Å². The molecule has 1 aromatic carbocycles. The Morgan fingerprint density at radius 1 is 1.38 bits per heavy atom. The van der Waals surface area contributed by atoms with Gasteiger partial charge in [-0.15, -0.1) is 0 Å². The number of aliphatic hydroxyl groups excluding tert-OH is 2. The Kier molecular flexibility index (Phi) is 6.93. The fourth-order valence-electron chi connectivity index (χ4n) is 1.97. The van der Waals surface area contributed by atoms with Gasteiger partial charge in [-0.2, -0.15) is 0 Å². The molecule has 0 aliphatic rings. The topological polar surface area (TPSA) is 108 Å². The van der Waals surface area contributed by atoms with E-state index in [1.807, 2.05) is 0 Å². The summed E-state index contributed by atoms with van der Waals surface area (Å²) in [6.45, 7) is 2.18. The number of aliphatic hydroxyl groups is 2. The highest BCUT2D eigenvalue weighted by Gasteiger charge is 2.21. The number of rotatable bonds is 8. The fourth-order valence-corrected chi connectivity index (χ4v) is 1.97. The van der Waals surface area contributed by atoms with E-state index in [0.717, 1.165) is 0 Å². The van der Waals surface area contributed by atoms with E-state index < -0.39 is 6.04 Å². The number of ether oxygens (including phenoxy) is 1. The van der Waals surface area contributed by atoms with Crippen LogP contribution in [0.4, 0.5) is 11.4 Å². The van der Waals surface area contributed by atoms with Gasteiger partial charge in [0.15, 0.2) is 0 Å². The second kappa shape index (κ2) is 8.46. The minimum absolute atomic E-state index is 0.0805. The molecule has 0 heterocycles. The van der Waals surface area contributed by atoms with Gasteiger partial charge in [0.2, 0.25) is 5.91 Å². The molecule has 0 bridgehead atoms. The Bertz CT molecular complexity index is 462. The molecule has 7 heteroatoms. The number of benzene rings is 1. The third kappa shape index (κ3) is 4.89. The molecule has 1 amide bonds. The molecule has 0 aromatic heterocycles. The molecule has 0 spiro atoms. The van der Waals surface area contributed by atoms with Crippen LogP contribution in [0.15, 0.2) is 18.2 Å². The van der Waals surface area contributed by atoms with E-state index in [1.54, 1.807) is 30.0 Å². The number of hydrogen-bond donors (Lipinski definition) is 4. The van der Waals surface area contributed by atoms with E-state index in [2.05, 4.69) is 5.32 Å². The summed E-state index contributed by atoms with van der Waals surface area (Å²) in [5.74, 6) is 0.228. The number of amides is 1. The van der Waals surface area contributed by atoms with Crippen LogP contribution in [-0.2, 0) is 4.79 Å². The number of anilines is 2. The first-order chi connectivity index (χ1) is 10.0. The number of nitrogens with zero attached hydrogens (tertiary/aromatic N) is 1. The van der Waals surface area contributed by atoms with Crippen LogP contribution in [0.2, 0.25) is 0 Å². The van der Waals surface area contributed by atoms with Crippen molar-refractivity contribution in [3.8, 4) is 5.75 Å². The Morgan fingerprint density at radius 3 is 2.52 bits per heavy atom. The van der Waals surface area contributed by atoms with E-state index in [-0.39, 0.29) is 19.1 Å². The smallest absolute Gasteiger partial charge is 0.241 e. The zero-order valence-electron chi connectivity index (χ0n) is 12.4. The minimum atomic E-state index is -0.494. The predicted octanol–water partition coefficient (Wildman–Crippen LogP) is -0.109. The summed E-state index contributed by atoms with van der Waals surface area (Å²) in [7, 11) is 1.50. The van der Waals surface area contributed by atoms with E-state index >= 15 is 0 Å². The molecule has 1 aromatic rings. The van der Waals surface area contributed by atoms with Crippen molar-refractivity contribution in [1.29, 1.82) is 0 Å². The van der Waals surface area contributed by atoms with Gasteiger partial charge in [-0.25, -0.2) is 0 Å². The molecule has 118 valence electrons. The highest BCUT2D eigenvalue weighted by molar-refractivity contribution is 5.96. The summed E-state index contributed by atoms with van der Waals surface area (Å²) >= 11 is 0. The van der Waals surface area contributed by atoms with Crippen LogP contribution in [0.25, 0.3) is 0 Å². The van der Waals surface area contributed by atoms with Crippen molar-refractivity contribution in [2.75, 3.05) is 44.5 Å². The normalized spacial score (nSPS) is 12.2. The number of nitrogens with two attached hydrogens (primary N) is 1. The van der Waals surface area contributed by atoms with Crippen molar-refractivity contribution in [2.45, 2.75) is 13.0 Å². The number of nitrogen functional groups attached to an aromatic ring is 1. The number of carbonyl (C=O) groups is 1. The molecule has 1 rings (SSSR count). The average Bonchev–Trinajstić information content (AvgIpc) is 2.47. The highest BCUT2D eigenvalue weighted by Crippen LogP contribution is 2.26. The van der Waals surface area contributed by atoms with Crippen molar-refractivity contribution >= 4 is 17.3 Å². The summed E-state index contributed by atoms with van der Waals surface area (Å²) in [4.78, 5) is 13.9. The Balaban J connectivity index is 2.79. The lowest BCUT2D eigenvalue weighted by Gasteiger charge is -2.27. The lowest BCUT2D eigenvalue weighted by atomic mass is 10.2. The standard InChI is InChI=1S/C14H23N3O4/c1-10(17(5-7-18)6-8-19)14(20)16-12-4-3-11(15)9-13(12)21-2/h3-4,9-10,18-19H,5-8,15H2,1-2H3,(H,16,20). The molecule has 7 nitrogen and oxygen atoms in total. The van der Waals surface area contributed by atoms with Crippen LogP contribution in [0, 0.1) is 0 Å². The summed E-state index contributed by atoms with van der Waals surface area (Å²) in [6.07, 6.45) is 0. The average molecular weight is 297 g/mol. The molecule has 0 aliphatic carbocycles. The SMILES string of the molecule is COc1cc(N)ccc1NC(=O)C(C)N(CCO)CCO. The third-order valence-corrected chi connectivity index (χ3v) is 3.19. The third-order valence-electron chi connectivity index (χ3n) is 3.19. The first-order valence-electron chi connectivity index (χ1n) is 6.73. The lowest BCUT2D eigenvalue weighted by Crippen LogP contribution is -2.44. The van der Waals surface area contributed by atoms with Crippen LogP contribution in [0.1, 0.15) is 6.92 Å². The van der Waals surface area contributed by atoms with E-state index in [0.29, 0.717) is 30.2 Å². The Labute approximate surface area is 124 Å². The maximum atomic E-state index is 12.3. The zero-order chi connectivity index (χ0) is 15.8. The monoisotopic (exact) mass is 297 g/mol. The molecule has 21 heavy (non-hydrogen) atoms. The molecule has 0 fully saturated rings. The predicted molar refractivity (Wildman–Crippen MR) is 81.2 cm³/mol. The fraction of sp³-hybridized carbons (Fsp3) is 0.500. The molecule has 1 atom stereocenters. The molecule has 0 aliphatic heterocycles. The quantitative estimate of drug-likeness (QED) is 0.499. The second-order valence-corrected chi connectivity index (χ2v) is 4.61. The van der Waals surface area contributed by atoms with Crippen molar-refractivity contribution < 1.29 is 19.7 Å². The van der Waals surface area contributed by atoms with Crippen LogP contribution >= 0.6 is 0 Å². The highest BCUT2D eigenvalue weighted by atomic mass is 16.5. The molecule has 0 saturated carbocycles. The number of carbonyl (C=O) groups excluding carboxylic acids is 1. The first kappa shape index (κ1) is 17.2. The largest absolute Gasteiger partial charge is 0.494 e.